The van der Waals surface area contributed by atoms with Gasteiger partial charge in [-0.1, -0.05) is 30.3 Å². The van der Waals surface area contributed by atoms with Crippen LogP contribution in [0.5, 0.6) is 0 Å². The third-order valence-corrected chi connectivity index (χ3v) is 3.88. The number of hydrogen-bond acceptors (Lipinski definition) is 5. The molecule has 0 spiro atoms. The SMILES string of the molecule is NC1=CCC(N)(C(=O)O)C2=C1C(=O)c1ccccc1C2=O. The molecule has 1 aromatic carbocycles. The maximum atomic E-state index is 12.6. The van der Waals surface area contributed by atoms with Crippen LogP contribution in [0.3, 0.4) is 0 Å². The van der Waals surface area contributed by atoms with Crippen LogP contribution in [0.4, 0.5) is 0 Å². The second kappa shape index (κ2) is 4.13. The Balaban J connectivity index is 2.34. The number of ketones is 2. The van der Waals surface area contributed by atoms with Gasteiger partial charge in [-0.25, -0.2) is 4.79 Å². The number of benzene rings is 1. The van der Waals surface area contributed by atoms with Crippen LogP contribution in [-0.4, -0.2) is 28.2 Å². The van der Waals surface area contributed by atoms with Crippen molar-refractivity contribution in [2.24, 2.45) is 11.5 Å². The van der Waals surface area contributed by atoms with Gasteiger partial charge in [-0.3, -0.25) is 9.59 Å². The van der Waals surface area contributed by atoms with Gasteiger partial charge < -0.3 is 16.6 Å². The van der Waals surface area contributed by atoms with E-state index in [0.29, 0.717) is 0 Å². The molecule has 5 N–H and O–H groups in total. The number of carbonyl (C=O) groups is 3. The average Bonchev–Trinajstić information content (AvgIpc) is 2.47. The maximum Gasteiger partial charge on any atom is 0.328 e. The van der Waals surface area contributed by atoms with Gasteiger partial charge in [0, 0.05) is 28.8 Å². The molecule has 0 heterocycles. The Labute approximate surface area is 119 Å². The molecule has 0 saturated carbocycles. The van der Waals surface area contributed by atoms with Crippen LogP contribution in [0.15, 0.2) is 47.2 Å². The molecule has 2 aliphatic carbocycles. The van der Waals surface area contributed by atoms with Gasteiger partial charge in [0.25, 0.3) is 0 Å². The topological polar surface area (TPSA) is 123 Å². The molecule has 0 aliphatic heterocycles. The average molecular weight is 284 g/mol. The zero-order valence-corrected chi connectivity index (χ0v) is 10.9. The second-order valence-corrected chi connectivity index (χ2v) is 5.09. The van der Waals surface area contributed by atoms with Crippen molar-refractivity contribution in [3.05, 3.63) is 58.3 Å². The highest BCUT2D eigenvalue weighted by Gasteiger charge is 2.49. The Hall–Kier alpha value is -2.73. The summed E-state index contributed by atoms with van der Waals surface area (Å²) in [5, 5.41) is 9.38. The summed E-state index contributed by atoms with van der Waals surface area (Å²) in [6.45, 7) is 0. The first-order valence-corrected chi connectivity index (χ1v) is 6.29. The van der Waals surface area contributed by atoms with Crippen LogP contribution >= 0.6 is 0 Å². The van der Waals surface area contributed by atoms with E-state index in [1.165, 1.54) is 18.2 Å². The van der Waals surface area contributed by atoms with E-state index in [1.54, 1.807) is 12.1 Å². The van der Waals surface area contributed by atoms with Crippen molar-refractivity contribution in [2.45, 2.75) is 12.0 Å². The monoisotopic (exact) mass is 284 g/mol. The van der Waals surface area contributed by atoms with Crippen molar-refractivity contribution >= 4 is 17.5 Å². The predicted molar refractivity (Wildman–Crippen MR) is 73.6 cm³/mol. The molecule has 0 radical (unpaired) electrons. The number of carboxylic acids is 1. The van der Waals surface area contributed by atoms with Crippen molar-refractivity contribution in [2.75, 3.05) is 0 Å². The quantitative estimate of drug-likeness (QED) is 0.685. The Kier molecular flexibility index (Phi) is 2.61. The van der Waals surface area contributed by atoms with Gasteiger partial charge in [-0.2, -0.15) is 0 Å². The summed E-state index contributed by atoms with van der Waals surface area (Å²) < 4.78 is 0. The minimum atomic E-state index is -1.93. The van der Waals surface area contributed by atoms with Gasteiger partial charge in [0.15, 0.2) is 11.6 Å². The summed E-state index contributed by atoms with van der Waals surface area (Å²) in [5.74, 6) is -2.38. The molecule has 1 unspecified atom stereocenters. The number of rotatable bonds is 1. The molecule has 2 aliphatic rings. The summed E-state index contributed by atoms with van der Waals surface area (Å²) >= 11 is 0. The fourth-order valence-corrected chi connectivity index (χ4v) is 2.75. The second-order valence-electron chi connectivity index (χ2n) is 5.09. The van der Waals surface area contributed by atoms with Gasteiger partial charge in [0.05, 0.1) is 5.57 Å². The highest BCUT2D eigenvalue weighted by atomic mass is 16.4. The van der Waals surface area contributed by atoms with E-state index in [1.807, 2.05) is 0 Å². The molecule has 0 fully saturated rings. The van der Waals surface area contributed by atoms with E-state index in [-0.39, 0.29) is 34.4 Å². The molecule has 3 rings (SSSR count). The van der Waals surface area contributed by atoms with E-state index >= 15 is 0 Å². The molecule has 106 valence electrons. The van der Waals surface area contributed by atoms with Gasteiger partial charge in [-0.15, -0.1) is 0 Å². The van der Waals surface area contributed by atoms with Crippen molar-refractivity contribution in [1.29, 1.82) is 0 Å². The number of nitrogens with two attached hydrogens (primary N) is 2. The molecule has 1 aromatic rings. The van der Waals surface area contributed by atoms with Crippen molar-refractivity contribution in [3.63, 3.8) is 0 Å². The first kappa shape index (κ1) is 13.3. The Morgan fingerprint density at radius 3 is 2.29 bits per heavy atom. The predicted octanol–water partition coefficient (Wildman–Crippen LogP) is 0.391. The van der Waals surface area contributed by atoms with Crippen LogP contribution in [0.2, 0.25) is 0 Å². The molecule has 0 saturated heterocycles. The van der Waals surface area contributed by atoms with Crippen LogP contribution in [0.25, 0.3) is 0 Å². The zero-order valence-electron chi connectivity index (χ0n) is 10.9. The summed E-state index contributed by atoms with van der Waals surface area (Å²) in [6.07, 6.45) is 1.25. The number of allylic oxidation sites excluding steroid dienone is 1. The van der Waals surface area contributed by atoms with Crippen molar-refractivity contribution in [3.8, 4) is 0 Å². The molecule has 1 atom stereocenters. The lowest BCUT2D eigenvalue weighted by Gasteiger charge is -2.34. The number of hydrogen-bond donors (Lipinski definition) is 3. The fraction of sp³-hybridized carbons (Fsp3) is 0.133. The largest absolute Gasteiger partial charge is 0.480 e. The molecule has 0 amide bonds. The Morgan fingerprint density at radius 1 is 1.14 bits per heavy atom. The molecular formula is C15H12N2O4. The van der Waals surface area contributed by atoms with Crippen LogP contribution in [0, 0.1) is 0 Å². The number of carbonyl (C=O) groups excluding carboxylic acids is 2. The number of aliphatic carboxylic acids is 1. The minimum absolute atomic E-state index is 0.0881. The van der Waals surface area contributed by atoms with Crippen LogP contribution in [0.1, 0.15) is 27.1 Å². The smallest absolute Gasteiger partial charge is 0.328 e. The number of fused-ring (bicyclic) bond motifs is 1. The Morgan fingerprint density at radius 2 is 1.71 bits per heavy atom. The summed E-state index contributed by atoms with van der Waals surface area (Å²) in [6, 6.07) is 6.23. The normalized spacial score (nSPS) is 24.3. The number of carboxylic acid groups (broad SMARTS) is 1. The third kappa shape index (κ3) is 1.59. The lowest BCUT2D eigenvalue weighted by molar-refractivity contribution is -0.141. The summed E-state index contributed by atoms with van der Waals surface area (Å²) in [7, 11) is 0. The lowest BCUT2D eigenvalue weighted by Crippen LogP contribution is -2.55. The molecule has 21 heavy (non-hydrogen) atoms. The minimum Gasteiger partial charge on any atom is -0.480 e. The van der Waals surface area contributed by atoms with Crippen LogP contribution in [-0.2, 0) is 4.79 Å². The molecule has 0 bridgehead atoms. The van der Waals surface area contributed by atoms with Gasteiger partial charge in [-0.05, 0) is 0 Å². The summed E-state index contributed by atoms with van der Waals surface area (Å²) in [4.78, 5) is 36.7. The first-order valence-electron chi connectivity index (χ1n) is 6.29. The van der Waals surface area contributed by atoms with E-state index in [9.17, 15) is 19.5 Å². The lowest BCUT2D eigenvalue weighted by atomic mass is 9.70. The highest BCUT2D eigenvalue weighted by Crippen LogP contribution is 2.38. The molecular weight excluding hydrogens is 272 g/mol. The van der Waals surface area contributed by atoms with Crippen molar-refractivity contribution in [1.82, 2.24) is 0 Å². The van der Waals surface area contributed by atoms with E-state index in [0.717, 1.165) is 0 Å². The zero-order chi connectivity index (χ0) is 15.4. The first-order chi connectivity index (χ1) is 9.88. The standard InChI is InChI=1S/C15H12N2O4/c16-9-5-6-15(17,14(20)21)11-10(9)12(18)7-3-1-2-4-8(7)13(11)19/h1-5H,6,16-17H2,(H,20,21). The number of Topliss-reactive ketones (excluding diaryl/α,β-unsaturated/α-hetero) is 2. The maximum absolute atomic E-state index is 12.6. The van der Waals surface area contributed by atoms with Crippen LogP contribution < -0.4 is 11.5 Å². The molecule has 0 aromatic heterocycles. The van der Waals surface area contributed by atoms with Gasteiger partial charge in [0.1, 0.15) is 5.54 Å². The van der Waals surface area contributed by atoms with E-state index in [4.69, 9.17) is 11.5 Å². The highest BCUT2D eigenvalue weighted by molar-refractivity contribution is 6.30. The van der Waals surface area contributed by atoms with E-state index < -0.39 is 23.1 Å². The van der Waals surface area contributed by atoms with E-state index in [2.05, 4.69) is 0 Å². The van der Waals surface area contributed by atoms with Crippen molar-refractivity contribution < 1.29 is 19.5 Å². The third-order valence-electron chi connectivity index (χ3n) is 3.88. The fourth-order valence-electron chi connectivity index (χ4n) is 2.75. The van der Waals surface area contributed by atoms with Gasteiger partial charge >= 0.3 is 5.97 Å². The molecule has 6 heteroatoms. The van der Waals surface area contributed by atoms with Gasteiger partial charge in [0.2, 0.25) is 0 Å². The molecule has 6 nitrogen and oxygen atoms in total. The summed E-state index contributed by atoms with van der Waals surface area (Å²) in [5.41, 5.74) is 9.93. The Bertz CT molecular complexity index is 776.